The highest BCUT2D eigenvalue weighted by atomic mass is 16.5. The van der Waals surface area contributed by atoms with Crippen LogP contribution in [-0.4, -0.2) is 47.0 Å². The Morgan fingerprint density at radius 2 is 1.75 bits per heavy atom. The van der Waals surface area contributed by atoms with E-state index in [4.69, 9.17) is 4.74 Å². The third kappa shape index (κ3) is 3.42. The SMILES string of the molecule is COc1ccc(C(=O)C2CCN(C(=O)c3ccnnc3)CC2)cc1. The molecular weight excluding hydrogens is 306 g/mol. The van der Waals surface area contributed by atoms with Crippen LogP contribution in [0.25, 0.3) is 0 Å². The number of ketones is 1. The highest BCUT2D eigenvalue weighted by molar-refractivity contribution is 5.98. The maximum Gasteiger partial charge on any atom is 0.255 e. The van der Waals surface area contributed by atoms with Crippen LogP contribution in [-0.2, 0) is 0 Å². The fraction of sp³-hybridized carbons (Fsp3) is 0.333. The molecule has 1 aliphatic rings. The molecule has 1 amide bonds. The lowest BCUT2D eigenvalue weighted by atomic mass is 9.88. The Morgan fingerprint density at radius 1 is 1.04 bits per heavy atom. The van der Waals surface area contributed by atoms with Gasteiger partial charge >= 0.3 is 0 Å². The van der Waals surface area contributed by atoms with Gasteiger partial charge in [0.1, 0.15) is 5.75 Å². The lowest BCUT2D eigenvalue weighted by molar-refractivity contribution is 0.0650. The molecule has 0 radical (unpaired) electrons. The molecule has 2 heterocycles. The zero-order chi connectivity index (χ0) is 16.9. The van der Waals surface area contributed by atoms with Crippen molar-refractivity contribution < 1.29 is 14.3 Å². The Morgan fingerprint density at radius 3 is 2.33 bits per heavy atom. The van der Waals surface area contributed by atoms with Crippen molar-refractivity contribution in [3.8, 4) is 5.75 Å². The van der Waals surface area contributed by atoms with Crippen LogP contribution < -0.4 is 4.74 Å². The maximum absolute atomic E-state index is 12.6. The van der Waals surface area contributed by atoms with Crippen molar-refractivity contribution in [1.82, 2.24) is 15.1 Å². The molecule has 0 atom stereocenters. The van der Waals surface area contributed by atoms with Gasteiger partial charge in [-0.2, -0.15) is 10.2 Å². The van der Waals surface area contributed by atoms with E-state index in [0.29, 0.717) is 37.1 Å². The van der Waals surface area contributed by atoms with E-state index in [1.807, 2.05) is 0 Å². The molecule has 0 spiro atoms. The summed E-state index contributed by atoms with van der Waals surface area (Å²) >= 11 is 0. The molecule has 1 aromatic heterocycles. The summed E-state index contributed by atoms with van der Waals surface area (Å²) < 4.78 is 5.11. The van der Waals surface area contributed by atoms with Crippen LogP contribution in [0.3, 0.4) is 0 Å². The van der Waals surface area contributed by atoms with Gasteiger partial charge in [0.05, 0.1) is 25.1 Å². The second-order valence-corrected chi connectivity index (χ2v) is 5.79. The van der Waals surface area contributed by atoms with Crippen LogP contribution in [0.1, 0.15) is 33.6 Å². The first-order valence-corrected chi connectivity index (χ1v) is 7.93. The molecule has 1 fully saturated rings. The molecular formula is C18H19N3O3. The molecule has 0 bridgehead atoms. The highest BCUT2D eigenvalue weighted by Crippen LogP contribution is 2.24. The minimum Gasteiger partial charge on any atom is -0.497 e. The van der Waals surface area contributed by atoms with Crippen molar-refractivity contribution in [2.75, 3.05) is 20.2 Å². The normalized spacial score (nSPS) is 15.1. The molecule has 2 aromatic rings. The number of likely N-dealkylation sites (tertiary alicyclic amines) is 1. The van der Waals surface area contributed by atoms with Crippen molar-refractivity contribution in [3.05, 3.63) is 53.9 Å². The van der Waals surface area contributed by atoms with Crippen molar-refractivity contribution in [2.24, 2.45) is 5.92 Å². The molecule has 24 heavy (non-hydrogen) atoms. The van der Waals surface area contributed by atoms with Crippen LogP contribution in [0, 0.1) is 5.92 Å². The molecule has 1 aliphatic heterocycles. The van der Waals surface area contributed by atoms with Gasteiger partial charge < -0.3 is 9.64 Å². The molecule has 6 heteroatoms. The van der Waals surface area contributed by atoms with Crippen molar-refractivity contribution in [1.29, 1.82) is 0 Å². The molecule has 3 rings (SSSR count). The van der Waals surface area contributed by atoms with E-state index < -0.39 is 0 Å². The number of methoxy groups -OCH3 is 1. The summed E-state index contributed by atoms with van der Waals surface area (Å²) in [5, 5.41) is 7.42. The minimum atomic E-state index is -0.0553. The number of Topliss-reactive ketones (excluding diaryl/α,β-unsaturated/α-hetero) is 1. The van der Waals surface area contributed by atoms with Gasteiger partial charge in [-0.1, -0.05) is 0 Å². The zero-order valence-corrected chi connectivity index (χ0v) is 13.5. The van der Waals surface area contributed by atoms with Crippen LogP contribution in [0.4, 0.5) is 0 Å². The second-order valence-electron chi connectivity index (χ2n) is 5.79. The first kappa shape index (κ1) is 16.1. The number of nitrogens with zero attached hydrogens (tertiary/aromatic N) is 3. The predicted molar refractivity (Wildman–Crippen MR) is 88.0 cm³/mol. The number of amides is 1. The van der Waals surface area contributed by atoms with E-state index in [9.17, 15) is 9.59 Å². The molecule has 1 aromatic carbocycles. The Hall–Kier alpha value is -2.76. The monoisotopic (exact) mass is 325 g/mol. The zero-order valence-electron chi connectivity index (χ0n) is 13.5. The molecule has 6 nitrogen and oxygen atoms in total. The number of rotatable bonds is 4. The number of hydrogen-bond donors (Lipinski definition) is 0. The average Bonchev–Trinajstić information content (AvgIpc) is 2.68. The van der Waals surface area contributed by atoms with E-state index in [2.05, 4.69) is 10.2 Å². The number of ether oxygens (including phenoxy) is 1. The van der Waals surface area contributed by atoms with E-state index in [0.717, 1.165) is 5.75 Å². The molecule has 0 N–H and O–H groups in total. The standard InChI is InChI=1S/C18H19N3O3/c1-24-16-4-2-13(3-5-16)17(22)14-7-10-21(11-8-14)18(23)15-6-9-19-20-12-15/h2-6,9,12,14H,7-8,10-11H2,1H3. The second kappa shape index (κ2) is 7.21. The van der Waals surface area contributed by atoms with Crippen molar-refractivity contribution in [2.45, 2.75) is 12.8 Å². The summed E-state index contributed by atoms with van der Waals surface area (Å²) in [6.45, 7) is 1.15. The van der Waals surface area contributed by atoms with Gasteiger partial charge in [-0.3, -0.25) is 9.59 Å². The highest BCUT2D eigenvalue weighted by Gasteiger charge is 2.28. The molecule has 124 valence electrons. The van der Waals surface area contributed by atoms with Gasteiger partial charge in [0, 0.05) is 24.6 Å². The predicted octanol–water partition coefficient (Wildman–Crippen LogP) is 2.22. The van der Waals surface area contributed by atoms with E-state index in [1.165, 1.54) is 12.4 Å². The van der Waals surface area contributed by atoms with Gasteiger partial charge in [0.25, 0.3) is 5.91 Å². The van der Waals surface area contributed by atoms with Crippen molar-refractivity contribution in [3.63, 3.8) is 0 Å². The summed E-state index contributed by atoms with van der Waals surface area (Å²) in [6.07, 6.45) is 4.33. The number of aromatic nitrogens is 2. The summed E-state index contributed by atoms with van der Waals surface area (Å²) in [4.78, 5) is 26.7. The van der Waals surface area contributed by atoms with Gasteiger partial charge in [0.15, 0.2) is 5.78 Å². The first-order valence-electron chi connectivity index (χ1n) is 7.93. The number of hydrogen-bond acceptors (Lipinski definition) is 5. The Kier molecular flexibility index (Phi) is 4.84. The topological polar surface area (TPSA) is 72.4 Å². The molecule has 0 unspecified atom stereocenters. The van der Waals surface area contributed by atoms with E-state index in [-0.39, 0.29) is 17.6 Å². The number of carbonyl (C=O) groups is 2. The quantitative estimate of drug-likeness (QED) is 0.806. The van der Waals surface area contributed by atoms with Crippen LogP contribution in [0.2, 0.25) is 0 Å². The van der Waals surface area contributed by atoms with E-state index >= 15 is 0 Å². The number of carbonyl (C=O) groups excluding carboxylic acids is 2. The Bertz CT molecular complexity index is 708. The average molecular weight is 325 g/mol. The van der Waals surface area contributed by atoms with Crippen LogP contribution >= 0.6 is 0 Å². The minimum absolute atomic E-state index is 0.0435. The number of piperidine rings is 1. The van der Waals surface area contributed by atoms with Crippen LogP contribution in [0.15, 0.2) is 42.7 Å². The molecule has 1 saturated heterocycles. The summed E-state index contributed by atoms with van der Waals surface area (Å²) in [7, 11) is 1.60. The summed E-state index contributed by atoms with van der Waals surface area (Å²) in [5.41, 5.74) is 1.23. The first-order chi connectivity index (χ1) is 11.7. The largest absolute Gasteiger partial charge is 0.497 e. The lowest BCUT2D eigenvalue weighted by Gasteiger charge is -2.31. The van der Waals surface area contributed by atoms with E-state index in [1.54, 1.807) is 42.3 Å². The summed E-state index contributed by atoms with van der Waals surface area (Å²) in [6, 6.07) is 8.83. The van der Waals surface area contributed by atoms with Gasteiger partial charge in [-0.05, 0) is 43.2 Å². The van der Waals surface area contributed by atoms with Crippen LogP contribution in [0.5, 0.6) is 5.75 Å². The molecule has 0 aliphatic carbocycles. The molecule has 0 saturated carbocycles. The smallest absolute Gasteiger partial charge is 0.255 e. The fourth-order valence-corrected chi connectivity index (χ4v) is 2.94. The number of benzene rings is 1. The Balaban J connectivity index is 1.60. The van der Waals surface area contributed by atoms with Crippen molar-refractivity contribution >= 4 is 11.7 Å². The lowest BCUT2D eigenvalue weighted by Crippen LogP contribution is -2.40. The van der Waals surface area contributed by atoms with Gasteiger partial charge in [-0.15, -0.1) is 0 Å². The van der Waals surface area contributed by atoms with Gasteiger partial charge in [0.2, 0.25) is 0 Å². The van der Waals surface area contributed by atoms with Gasteiger partial charge in [-0.25, -0.2) is 0 Å². The third-order valence-corrected chi connectivity index (χ3v) is 4.36. The Labute approximate surface area is 140 Å². The third-order valence-electron chi connectivity index (χ3n) is 4.36. The summed E-state index contributed by atoms with van der Waals surface area (Å²) in [5.74, 6) is 0.770. The maximum atomic E-state index is 12.6. The fourth-order valence-electron chi connectivity index (χ4n) is 2.94.